The van der Waals surface area contributed by atoms with E-state index in [9.17, 15) is 13.2 Å². The van der Waals surface area contributed by atoms with E-state index in [-0.39, 0.29) is 13.2 Å². The van der Waals surface area contributed by atoms with Crippen LogP contribution < -0.4 is 4.72 Å². The monoisotopic (exact) mass is 297 g/mol. The Morgan fingerprint density at radius 2 is 2.10 bits per heavy atom. The lowest BCUT2D eigenvalue weighted by atomic mass is 10.1. The van der Waals surface area contributed by atoms with Gasteiger partial charge in [0.05, 0.1) is 7.11 Å². The summed E-state index contributed by atoms with van der Waals surface area (Å²) in [5, 5.41) is 8.67. The van der Waals surface area contributed by atoms with Gasteiger partial charge in [0.25, 0.3) is 0 Å². The lowest BCUT2D eigenvalue weighted by molar-refractivity contribution is -0.137. The molecular weight excluding hydrogens is 282 g/mol. The summed E-state index contributed by atoms with van der Waals surface area (Å²) in [6, 6.07) is 6.93. The summed E-state index contributed by atoms with van der Waals surface area (Å²) in [6.45, 7) is -0.266. The molecular formula is C13H15NO5S. The number of sulfonamides is 1. The van der Waals surface area contributed by atoms with Crippen molar-refractivity contribution >= 4 is 16.0 Å². The summed E-state index contributed by atoms with van der Waals surface area (Å²) < 4.78 is 29.8. The Hall–Kier alpha value is -1.88. The normalized spacial score (nSPS) is 10.5. The molecule has 20 heavy (non-hydrogen) atoms. The van der Waals surface area contributed by atoms with Crippen LogP contribution in [0.3, 0.4) is 0 Å². The van der Waals surface area contributed by atoms with Crippen LogP contribution in [0.4, 0.5) is 0 Å². The van der Waals surface area contributed by atoms with E-state index in [4.69, 9.17) is 5.11 Å². The Labute approximate surface area is 117 Å². The molecule has 6 nitrogen and oxygen atoms in total. The van der Waals surface area contributed by atoms with Crippen molar-refractivity contribution in [2.75, 3.05) is 19.5 Å². The summed E-state index contributed by atoms with van der Waals surface area (Å²) in [6.07, 6.45) is 0. The smallest absolute Gasteiger partial charge is 0.322 e. The largest absolute Gasteiger partial charge is 0.468 e. The average molecular weight is 297 g/mol. The SMILES string of the molecule is COC(=O)CS(=O)(=O)NCc1ccccc1C#CCO. The third-order valence-corrected chi connectivity index (χ3v) is 3.54. The maximum Gasteiger partial charge on any atom is 0.322 e. The second-order valence-electron chi connectivity index (χ2n) is 3.77. The van der Waals surface area contributed by atoms with Gasteiger partial charge in [0.1, 0.15) is 6.61 Å². The second-order valence-corrected chi connectivity index (χ2v) is 5.58. The highest BCUT2D eigenvalue weighted by Gasteiger charge is 2.16. The molecule has 108 valence electrons. The number of rotatable bonds is 5. The first-order valence-electron chi connectivity index (χ1n) is 5.70. The third kappa shape index (κ3) is 5.40. The van der Waals surface area contributed by atoms with Crippen LogP contribution in [0.5, 0.6) is 0 Å². The molecule has 0 spiro atoms. The number of carbonyl (C=O) groups excluding carboxylic acids is 1. The molecule has 7 heteroatoms. The Kier molecular flexibility index (Phi) is 6.18. The number of hydrogen-bond donors (Lipinski definition) is 2. The molecule has 0 heterocycles. The first-order chi connectivity index (χ1) is 9.48. The van der Waals surface area contributed by atoms with E-state index < -0.39 is 21.7 Å². The fourth-order valence-electron chi connectivity index (χ4n) is 1.38. The van der Waals surface area contributed by atoms with Gasteiger partial charge in [-0.3, -0.25) is 4.79 Å². The zero-order valence-corrected chi connectivity index (χ0v) is 11.7. The summed E-state index contributed by atoms with van der Waals surface area (Å²) in [5.74, 6) is 3.67. The molecule has 0 aliphatic rings. The highest BCUT2D eigenvalue weighted by Crippen LogP contribution is 2.07. The van der Waals surface area contributed by atoms with Crippen LogP contribution in [0, 0.1) is 11.8 Å². The van der Waals surface area contributed by atoms with Gasteiger partial charge in [-0.25, -0.2) is 13.1 Å². The third-order valence-electron chi connectivity index (χ3n) is 2.34. The minimum absolute atomic E-state index is 0.00953. The molecule has 0 aliphatic heterocycles. The van der Waals surface area contributed by atoms with Crippen molar-refractivity contribution in [1.82, 2.24) is 4.72 Å². The zero-order valence-electron chi connectivity index (χ0n) is 10.9. The molecule has 0 amide bonds. The van der Waals surface area contributed by atoms with E-state index in [2.05, 4.69) is 21.3 Å². The quantitative estimate of drug-likeness (QED) is 0.571. The Morgan fingerprint density at radius 3 is 2.75 bits per heavy atom. The average Bonchev–Trinajstić information content (AvgIpc) is 2.43. The van der Waals surface area contributed by atoms with Gasteiger partial charge >= 0.3 is 5.97 Å². The van der Waals surface area contributed by atoms with E-state index in [1.807, 2.05) is 0 Å². The van der Waals surface area contributed by atoms with Crippen molar-refractivity contribution in [2.45, 2.75) is 6.54 Å². The second kappa shape index (κ2) is 7.65. The van der Waals surface area contributed by atoms with Crippen molar-refractivity contribution in [3.63, 3.8) is 0 Å². The van der Waals surface area contributed by atoms with Gasteiger partial charge in [0.2, 0.25) is 10.0 Å². The summed E-state index contributed by atoms with van der Waals surface area (Å²) in [5.41, 5.74) is 1.27. The van der Waals surface area contributed by atoms with Crippen molar-refractivity contribution in [3.05, 3.63) is 35.4 Å². The Morgan fingerprint density at radius 1 is 1.40 bits per heavy atom. The number of carbonyl (C=O) groups is 1. The van der Waals surface area contributed by atoms with E-state index in [1.165, 1.54) is 0 Å². The van der Waals surface area contributed by atoms with Crippen molar-refractivity contribution in [2.24, 2.45) is 0 Å². The molecule has 0 atom stereocenters. The number of nitrogens with one attached hydrogen (secondary N) is 1. The minimum atomic E-state index is -3.75. The summed E-state index contributed by atoms with van der Waals surface area (Å²) >= 11 is 0. The topological polar surface area (TPSA) is 92.7 Å². The van der Waals surface area contributed by atoms with Gasteiger partial charge in [-0.15, -0.1) is 0 Å². The molecule has 2 N–H and O–H groups in total. The highest BCUT2D eigenvalue weighted by atomic mass is 32.2. The van der Waals surface area contributed by atoms with Crippen LogP contribution >= 0.6 is 0 Å². The number of hydrogen-bond acceptors (Lipinski definition) is 5. The van der Waals surface area contributed by atoms with Gasteiger partial charge in [-0.05, 0) is 11.6 Å². The van der Waals surface area contributed by atoms with Gasteiger partial charge < -0.3 is 9.84 Å². The lowest BCUT2D eigenvalue weighted by Crippen LogP contribution is -2.30. The standard InChI is InChI=1S/C13H15NO5S/c1-19-13(16)10-20(17,18)14-9-12-6-3-2-5-11(12)7-4-8-15/h2-3,5-6,14-15H,8-10H2,1H3. The number of benzene rings is 1. The van der Waals surface area contributed by atoms with E-state index in [1.54, 1.807) is 24.3 Å². The maximum absolute atomic E-state index is 11.6. The predicted octanol–water partition coefficient (Wildman–Crippen LogP) is -0.377. The molecule has 1 aromatic carbocycles. The fourth-order valence-corrected chi connectivity index (χ4v) is 2.29. The molecule has 0 aromatic heterocycles. The molecule has 0 aliphatic carbocycles. The Balaban J connectivity index is 2.77. The van der Waals surface area contributed by atoms with Crippen LogP contribution in [-0.4, -0.2) is 39.0 Å². The van der Waals surface area contributed by atoms with E-state index >= 15 is 0 Å². The molecule has 0 fully saturated rings. The summed E-state index contributed by atoms with van der Waals surface area (Å²) in [4.78, 5) is 11.0. The predicted molar refractivity (Wildman–Crippen MR) is 73.0 cm³/mol. The van der Waals surface area contributed by atoms with Crippen LogP contribution in [0.1, 0.15) is 11.1 Å². The number of ether oxygens (including phenoxy) is 1. The molecule has 0 saturated heterocycles. The van der Waals surface area contributed by atoms with Crippen LogP contribution in [-0.2, 0) is 26.1 Å². The summed E-state index contributed by atoms with van der Waals surface area (Å²) in [7, 11) is -2.63. The highest BCUT2D eigenvalue weighted by molar-refractivity contribution is 7.90. The molecule has 1 rings (SSSR count). The van der Waals surface area contributed by atoms with Crippen LogP contribution in [0.2, 0.25) is 0 Å². The molecule has 1 aromatic rings. The van der Waals surface area contributed by atoms with Crippen molar-refractivity contribution in [3.8, 4) is 11.8 Å². The fraction of sp³-hybridized carbons (Fsp3) is 0.308. The van der Waals surface area contributed by atoms with Gasteiger partial charge in [0.15, 0.2) is 5.75 Å². The number of aliphatic hydroxyl groups excluding tert-OH is 1. The van der Waals surface area contributed by atoms with E-state index in [0.717, 1.165) is 7.11 Å². The Bertz CT molecular complexity index is 628. The first-order valence-corrected chi connectivity index (χ1v) is 7.35. The molecule has 0 saturated carbocycles. The zero-order chi connectivity index (χ0) is 15.0. The molecule has 0 unspecified atom stereocenters. The van der Waals surface area contributed by atoms with E-state index in [0.29, 0.717) is 11.1 Å². The number of esters is 1. The molecule has 0 bridgehead atoms. The van der Waals surface area contributed by atoms with Crippen LogP contribution in [0.15, 0.2) is 24.3 Å². The number of methoxy groups -OCH3 is 1. The maximum atomic E-state index is 11.6. The van der Waals surface area contributed by atoms with Gasteiger partial charge in [0, 0.05) is 12.1 Å². The van der Waals surface area contributed by atoms with Gasteiger partial charge in [-0.1, -0.05) is 30.0 Å². The minimum Gasteiger partial charge on any atom is -0.468 e. The first kappa shape index (κ1) is 16.2. The molecule has 0 radical (unpaired) electrons. The van der Waals surface area contributed by atoms with Crippen molar-refractivity contribution in [1.29, 1.82) is 0 Å². The van der Waals surface area contributed by atoms with Crippen LogP contribution in [0.25, 0.3) is 0 Å². The number of aliphatic hydroxyl groups is 1. The van der Waals surface area contributed by atoms with Gasteiger partial charge in [-0.2, -0.15) is 0 Å². The lowest BCUT2D eigenvalue weighted by Gasteiger charge is -2.07. The van der Waals surface area contributed by atoms with Crippen molar-refractivity contribution < 1.29 is 23.1 Å².